The minimum absolute atomic E-state index is 0.223. The van der Waals surface area contributed by atoms with E-state index in [-0.39, 0.29) is 12.3 Å². The predicted octanol–water partition coefficient (Wildman–Crippen LogP) is 2.35. The highest BCUT2D eigenvalue weighted by atomic mass is 16.4. The van der Waals surface area contributed by atoms with Gasteiger partial charge in [0.05, 0.1) is 12.0 Å². The van der Waals surface area contributed by atoms with E-state index in [1.807, 2.05) is 24.3 Å². The maximum Gasteiger partial charge on any atom is 0.310 e. The lowest BCUT2D eigenvalue weighted by atomic mass is 9.92. The van der Waals surface area contributed by atoms with Gasteiger partial charge in [0.25, 0.3) is 0 Å². The molecule has 5 heteroatoms. The SMILES string of the molecule is O=C(O)C(CC(=O)N1Cc2ccccc2C1)[C@H](O)c1ccccc1. The second kappa shape index (κ2) is 6.84. The van der Waals surface area contributed by atoms with Crippen LogP contribution in [0.5, 0.6) is 0 Å². The number of aliphatic hydroxyl groups is 1. The highest BCUT2D eigenvalue weighted by molar-refractivity contribution is 5.83. The first-order valence-electron chi connectivity index (χ1n) is 7.86. The summed E-state index contributed by atoms with van der Waals surface area (Å²) in [7, 11) is 0. The van der Waals surface area contributed by atoms with Gasteiger partial charge in [-0.15, -0.1) is 0 Å². The number of carboxylic acids is 1. The smallest absolute Gasteiger partial charge is 0.310 e. The van der Waals surface area contributed by atoms with Gasteiger partial charge >= 0.3 is 5.97 Å². The van der Waals surface area contributed by atoms with E-state index in [0.717, 1.165) is 11.1 Å². The number of aliphatic hydroxyl groups excluding tert-OH is 1. The third kappa shape index (κ3) is 3.31. The van der Waals surface area contributed by atoms with E-state index in [1.54, 1.807) is 35.2 Å². The Morgan fingerprint density at radius 2 is 1.50 bits per heavy atom. The van der Waals surface area contributed by atoms with Gasteiger partial charge in [0.2, 0.25) is 5.91 Å². The molecule has 5 nitrogen and oxygen atoms in total. The Hall–Kier alpha value is -2.66. The number of rotatable bonds is 5. The number of aliphatic carboxylic acids is 1. The van der Waals surface area contributed by atoms with E-state index in [2.05, 4.69) is 0 Å². The highest BCUT2D eigenvalue weighted by Gasteiger charge is 2.33. The largest absolute Gasteiger partial charge is 0.481 e. The van der Waals surface area contributed by atoms with E-state index < -0.39 is 18.0 Å². The number of fused-ring (bicyclic) bond motifs is 1. The van der Waals surface area contributed by atoms with Crippen LogP contribution in [0.4, 0.5) is 0 Å². The maximum absolute atomic E-state index is 12.5. The molecule has 2 N–H and O–H groups in total. The van der Waals surface area contributed by atoms with E-state index >= 15 is 0 Å². The molecular formula is C19H19NO4. The summed E-state index contributed by atoms with van der Waals surface area (Å²) in [6.07, 6.45) is -1.43. The standard InChI is InChI=1S/C19H19NO4/c21-17(20-11-14-8-4-5-9-15(14)12-20)10-16(19(23)24)18(22)13-6-2-1-3-7-13/h1-9,16,18,22H,10-12H2,(H,23,24)/t16?,18-/m1/s1. The van der Waals surface area contributed by atoms with Crippen LogP contribution in [0.2, 0.25) is 0 Å². The summed E-state index contributed by atoms with van der Waals surface area (Å²) < 4.78 is 0. The number of carbonyl (C=O) groups excluding carboxylic acids is 1. The van der Waals surface area contributed by atoms with Gasteiger partial charge in [-0.1, -0.05) is 54.6 Å². The molecule has 0 saturated heterocycles. The molecule has 2 atom stereocenters. The molecule has 24 heavy (non-hydrogen) atoms. The van der Waals surface area contributed by atoms with Crippen molar-refractivity contribution < 1.29 is 19.8 Å². The minimum atomic E-state index is -1.21. The first kappa shape index (κ1) is 16.2. The zero-order valence-electron chi connectivity index (χ0n) is 13.1. The Morgan fingerprint density at radius 3 is 2.04 bits per heavy atom. The van der Waals surface area contributed by atoms with Gasteiger partial charge in [-0.25, -0.2) is 0 Å². The van der Waals surface area contributed by atoms with Gasteiger partial charge in [0.15, 0.2) is 0 Å². The van der Waals surface area contributed by atoms with Crippen LogP contribution in [-0.4, -0.2) is 27.0 Å². The molecule has 1 amide bonds. The van der Waals surface area contributed by atoms with Crippen molar-refractivity contribution in [3.63, 3.8) is 0 Å². The van der Waals surface area contributed by atoms with Crippen LogP contribution < -0.4 is 0 Å². The lowest BCUT2D eigenvalue weighted by molar-refractivity contribution is -0.150. The van der Waals surface area contributed by atoms with Gasteiger partial charge in [-0.05, 0) is 16.7 Å². The Morgan fingerprint density at radius 1 is 0.958 bits per heavy atom. The molecule has 1 unspecified atom stereocenters. The molecule has 0 bridgehead atoms. The monoisotopic (exact) mass is 325 g/mol. The number of benzene rings is 2. The zero-order valence-corrected chi connectivity index (χ0v) is 13.1. The number of nitrogens with zero attached hydrogens (tertiary/aromatic N) is 1. The number of amides is 1. The van der Waals surface area contributed by atoms with Gasteiger partial charge in [-0.2, -0.15) is 0 Å². The average molecular weight is 325 g/mol. The van der Waals surface area contributed by atoms with Crippen LogP contribution in [0.3, 0.4) is 0 Å². The molecule has 1 heterocycles. The minimum Gasteiger partial charge on any atom is -0.481 e. The maximum atomic E-state index is 12.5. The first-order valence-corrected chi connectivity index (χ1v) is 7.86. The van der Waals surface area contributed by atoms with Crippen molar-refractivity contribution >= 4 is 11.9 Å². The Labute approximate surface area is 140 Å². The fraction of sp³-hybridized carbons (Fsp3) is 0.263. The predicted molar refractivity (Wildman–Crippen MR) is 87.8 cm³/mol. The van der Waals surface area contributed by atoms with E-state index in [4.69, 9.17) is 0 Å². The summed E-state index contributed by atoms with van der Waals surface area (Å²) in [6, 6.07) is 16.4. The van der Waals surface area contributed by atoms with Crippen molar-refractivity contribution in [2.75, 3.05) is 0 Å². The van der Waals surface area contributed by atoms with Gasteiger partial charge in [0.1, 0.15) is 0 Å². The normalized spacial score (nSPS) is 15.6. The zero-order chi connectivity index (χ0) is 17.1. The fourth-order valence-electron chi connectivity index (χ4n) is 3.04. The topological polar surface area (TPSA) is 77.8 Å². The summed E-state index contributed by atoms with van der Waals surface area (Å²) in [6.45, 7) is 0.978. The van der Waals surface area contributed by atoms with Crippen LogP contribution >= 0.6 is 0 Å². The van der Waals surface area contributed by atoms with Crippen molar-refractivity contribution in [3.8, 4) is 0 Å². The molecular weight excluding hydrogens is 306 g/mol. The van der Waals surface area contributed by atoms with Crippen LogP contribution in [0.1, 0.15) is 29.2 Å². The number of carbonyl (C=O) groups is 2. The molecule has 1 aliphatic heterocycles. The molecule has 2 aromatic carbocycles. The van der Waals surface area contributed by atoms with Crippen molar-refractivity contribution in [2.45, 2.75) is 25.6 Å². The fourth-order valence-corrected chi connectivity index (χ4v) is 3.04. The van der Waals surface area contributed by atoms with Crippen LogP contribution in [0.25, 0.3) is 0 Å². The summed E-state index contributed by atoms with van der Waals surface area (Å²) in [5.41, 5.74) is 2.67. The Balaban J connectivity index is 1.70. The third-order valence-electron chi connectivity index (χ3n) is 4.43. The van der Waals surface area contributed by atoms with Gasteiger partial charge in [-0.3, -0.25) is 9.59 Å². The lowest BCUT2D eigenvalue weighted by Crippen LogP contribution is -2.32. The van der Waals surface area contributed by atoms with Crippen LogP contribution in [0.15, 0.2) is 54.6 Å². The van der Waals surface area contributed by atoms with Crippen LogP contribution in [-0.2, 0) is 22.7 Å². The van der Waals surface area contributed by atoms with Gasteiger partial charge in [0, 0.05) is 19.5 Å². The van der Waals surface area contributed by atoms with Crippen LogP contribution in [0, 0.1) is 5.92 Å². The van der Waals surface area contributed by atoms with E-state index in [0.29, 0.717) is 18.7 Å². The van der Waals surface area contributed by atoms with E-state index in [1.165, 1.54) is 0 Å². The van der Waals surface area contributed by atoms with Crippen molar-refractivity contribution in [2.24, 2.45) is 5.92 Å². The molecule has 124 valence electrons. The molecule has 0 aliphatic carbocycles. The van der Waals surface area contributed by atoms with Gasteiger partial charge < -0.3 is 15.1 Å². The summed E-state index contributed by atoms with van der Waals surface area (Å²) in [5.74, 6) is -2.59. The molecule has 2 aromatic rings. The lowest BCUT2D eigenvalue weighted by Gasteiger charge is -2.22. The Bertz CT molecular complexity index is 719. The van der Waals surface area contributed by atoms with Crippen molar-refractivity contribution in [3.05, 3.63) is 71.3 Å². The molecule has 3 rings (SSSR count). The molecule has 0 aromatic heterocycles. The third-order valence-corrected chi connectivity index (χ3v) is 4.43. The quantitative estimate of drug-likeness (QED) is 0.884. The van der Waals surface area contributed by atoms with Crippen molar-refractivity contribution in [1.82, 2.24) is 4.90 Å². The molecule has 0 saturated carbocycles. The van der Waals surface area contributed by atoms with Crippen molar-refractivity contribution in [1.29, 1.82) is 0 Å². The molecule has 0 radical (unpaired) electrons. The summed E-state index contributed by atoms with van der Waals surface area (Å²) in [4.78, 5) is 25.7. The number of hydrogen-bond acceptors (Lipinski definition) is 3. The number of carboxylic acid groups (broad SMARTS) is 1. The number of hydrogen-bond donors (Lipinski definition) is 2. The second-order valence-electron chi connectivity index (χ2n) is 6.02. The molecule has 0 spiro atoms. The first-order chi connectivity index (χ1) is 11.6. The molecule has 1 aliphatic rings. The Kier molecular flexibility index (Phi) is 4.62. The highest BCUT2D eigenvalue weighted by Crippen LogP contribution is 2.28. The molecule has 0 fully saturated rings. The second-order valence-corrected chi connectivity index (χ2v) is 6.02. The summed E-state index contributed by atoms with van der Waals surface area (Å²) in [5, 5.41) is 19.8. The summed E-state index contributed by atoms with van der Waals surface area (Å²) >= 11 is 0. The van der Waals surface area contributed by atoms with E-state index in [9.17, 15) is 19.8 Å². The average Bonchev–Trinajstić information content (AvgIpc) is 3.03.